The van der Waals surface area contributed by atoms with Crippen LogP contribution in [0.2, 0.25) is 0 Å². The van der Waals surface area contributed by atoms with Crippen LogP contribution in [0.5, 0.6) is 0 Å². The summed E-state index contributed by atoms with van der Waals surface area (Å²) >= 11 is 1.16. The molecule has 110 valence electrons. The minimum absolute atomic E-state index is 0.156. The van der Waals surface area contributed by atoms with Gasteiger partial charge in [0, 0.05) is 16.7 Å². The second kappa shape index (κ2) is 6.69. The van der Waals surface area contributed by atoms with Crippen LogP contribution in [0.4, 0.5) is 11.4 Å². The number of hydrogen-bond donors (Lipinski definition) is 0. The number of nitrogens with zero attached hydrogens (tertiary/aromatic N) is 3. The molecule has 0 saturated heterocycles. The maximum Gasteiger partial charge on any atom is 0.295 e. The molecule has 0 bridgehead atoms. The molecule has 0 aliphatic rings. The monoisotopic (exact) mass is 315 g/mol. The van der Waals surface area contributed by atoms with Gasteiger partial charge in [0.15, 0.2) is 0 Å². The van der Waals surface area contributed by atoms with E-state index in [9.17, 15) is 20.2 Å². The maximum absolute atomic E-state index is 11.0. The number of nitro groups is 2. The Kier molecular flexibility index (Phi) is 4.70. The van der Waals surface area contributed by atoms with E-state index in [1.807, 2.05) is 30.3 Å². The second-order valence-electron chi connectivity index (χ2n) is 4.24. The Morgan fingerprint density at radius 2 is 1.77 bits per heavy atom. The van der Waals surface area contributed by atoms with Crippen LogP contribution < -0.4 is 0 Å². The molecule has 0 aliphatic heterocycles. The summed E-state index contributed by atoms with van der Waals surface area (Å²) in [6, 6.07) is 13.0. The van der Waals surface area contributed by atoms with Gasteiger partial charge in [0.05, 0.1) is 15.9 Å². The highest BCUT2D eigenvalue weighted by Gasteiger charge is 2.24. The normalized spacial score (nSPS) is 9.95. The Morgan fingerprint density at radius 1 is 1.09 bits per heavy atom. The third kappa shape index (κ3) is 3.39. The van der Waals surface area contributed by atoms with Crippen LogP contribution in [-0.4, -0.2) is 9.85 Å². The third-order valence-corrected chi connectivity index (χ3v) is 3.93. The number of nitriles is 1. The summed E-state index contributed by atoms with van der Waals surface area (Å²) < 4.78 is 0. The van der Waals surface area contributed by atoms with Gasteiger partial charge in [0.25, 0.3) is 11.4 Å². The second-order valence-corrected chi connectivity index (χ2v) is 5.26. The highest BCUT2D eigenvalue weighted by molar-refractivity contribution is 7.98. The first-order chi connectivity index (χ1) is 10.5. The number of benzene rings is 2. The molecule has 0 aromatic heterocycles. The summed E-state index contributed by atoms with van der Waals surface area (Å²) in [4.78, 5) is 20.6. The molecule has 0 heterocycles. The van der Waals surface area contributed by atoms with Crippen LogP contribution in [0.15, 0.2) is 47.4 Å². The minimum Gasteiger partial charge on any atom is -0.258 e. The molecule has 0 aliphatic carbocycles. The average Bonchev–Trinajstić information content (AvgIpc) is 2.52. The van der Waals surface area contributed by atoms with Crippen LogP contribution in [-0.2, 0) is 5.75 Å². The minimum atomic E-state index is -0.780. The summed E-state index contributed by atoms with van der Waals surface area (Å²) in [5.41, 5.74) is -0.157. The van der Waals surface area contributed by atoms with Crippen LogP contribution in [0.25, 0.3) is 0 Å². The van der Waals surface area contributed by atoms with Crippen molar-refractivity contribution in [2.24, 2.45) is 0 Å². The maximum atomic E-state index is 11.0. The first kappa shape index (κ1) is 15.5. The summed E-state index contributed by atoms with van der Waals surface area (Å²) in [6.45, 7) is 0. The van der Waals surface area contributed by atoms with Crippen LogP contribution >= 0.6 is 11.8 Å². The zero-order valence-corrected chi connectivity index (χ0v) is 11.9. The van der Waals surface area contributed by atoms with Gasteiger partial charge in [-0.3, -0.25) is 20.2 Å². The van der Waals surface area contributed by atoms with Crippen molar-refractivity contribution in [3.8, 4) is 6.07 Å². The van der Waals surface area contributed by atoms with Crippen molar-refractivity contribution in [3.63, 3.8) is 0 Å². The van der Waals surface area contributed by atoms with Gasteiger partial charge in [-0.15, -0.1) is 11.8 Å². The van der Waals surface area contributed by atoms with E-state index in [1.54, 1.807) is 6.07 Å². The number of nitro benzene ring substituents is 2. The molecule has 2 aromatic rings. The van der Waals surface area contributed by atoms with Crippen molar-refractivity contribution in [2.75, 3.05) is 0 Å². The molecule has 8 heteroatoms. The lowest BCUT2D eigenvalue weighted by molar-refractivity contribution is -0.394. The Hall–Kier alpha value is -2.92. The molecule has 2 aromatic carbocycles. The fourth-order valence-electron chi connectivity index (χ4n) is 1.80. The van der Waals surface area contributed by atoms with Crippen molar-refractivity contribution < 1.29 is 9.85 Å². The van der Waals surface area contributed by atoms with E-state index in [4.69, 9.17) is 5.26 Å². The molecule has 0 N–H and O–H groups in total. The summed E-state index contributed by atoms with van der Waals surface area (Å²) in [5, 5.41) is 31.0. The quantitative estimate of drug-likeness (QED) is 0.473. The molecule has 0 radical (unpaired) electrons. The van der Waals surface area contributed by atoms with E-state index >= 15 is 0 Å². The van der Waals surface area contributed by atoms with Crippen molar-refractivity contribution in [3.05, 3.63) is 73.8 Å². The molecule has 0 saturated carbocycles. The van der Waals surface area contributed by atoms with Crippen molar-refractivity contribution in [1.82, 2.24) is 0 Å². The standard InChI is InChI=1S/C14H9N3O4S/c15-8-12-13(17(20)21)6-11(16(18)19)7-14(12)22-9-10-4-2-1-3-5-10/h1-7H,9H2. The van der Waals surface area contributed by atoms with Crippen molar-refractivity contribution in [1.29, 1.82) is 5.26 Å². The molecular formula is C14H9N3O4S. The summed E-state index contributed by atoms with van der Waals surface area (Å²) in [6.07, 6.45) is 0. The lowest BCUT2D eigenvalue weighted by Gasteiger charge is -2.05. The van der Waals surface area contributed by atoms with Crippen molar-refractivity contribution >= 4 is 23.1 Å². The molecule has 7 nitrogen and oxygen atoms in total. The fourth-order valence-corrected chi connectivity index (χ4v) is 2.81. The lowest BCUT2D eigenvalue weighted by Crippen LogP contribution is -1.98. The third-order valence-electron chi connectivity index (χ3n) is 2.82. The van der Waals surface area contributed by atoms with Crippen molar-refractivity contribution in [2.45, 2.75) is 10.6 Å². The first-order valence-electron chi connectivity index (χ1n) is 6.06. The van der Waals surface area contributed by atoms with Gasteiger partial charge in [-0.2, -0.15) is 5.26 Å². The van der Waals surface area contributed by atoms with Gasteiger partial charge >= 0.3 is 0 Å². The zero-order valence-electron chi connectivity index (χ0n) is 11.1. The summed E-state index contributed by atoms with van der Waals surface area (Å²) in [5.74, 6) is 0.452. The Bertz CT molecular complexity index is 772. The average molecular weight is 315 g/mol. The Labute approximate surface area is 129 Å². The molecule has 0 fully saturated rings. The van der Waals surface area contributed by atoms with Gasteiger partial charge in [0.1, 0.15) is 11.6 Å². The smallest absolute Gasteiger partial charge is 0.258 e. The predicted molar refractivity (Wildman–Crippen MR) is 80.5 cm³/mol. The van der Waals surface area contributed by atoms with Gasteiger partial charge in [-0.25, -0.2) is 0 Å². The topological polar surface area (TPSA) is 110 Å². The molecule has 0 amide bonds. The van der Waals surface area contributed by atoms with E-state index in [0.29, 0.717) is 5.75 Å². The van der Waals surface area contributed by atoms with Gasteiger partial charge in [0.2, 0.25) is 0 Å². The fraction of sp³-hybridized carbons (Fsp3) is 0.0714. The highest BCUT2D eigenvalue weighted by Crippen LogP contribution is 2.35. The van der Waals surface area contributed by atoms with Crippen LogP contribution in [0, 0.1) is 31.6 Å². The van der Waals surface area contributed by atoms with Gasteiger partial charge in [-0.05, 0) is 5.56 Å². The SMILES string of the molecule is N#Cc1c(SCc2ccccc2)cc([N+](=O)[O-])cc1[N+](=O)[O-]. The number of hydrogen-bond acceptors (Lipinski definition) is 6. The molecular weight excluding hydrogens is 306 g/mol. The lowest BCUT2D eigenvalue weighted by atomic mass is 10.2. The predicted octanol–water partition coefficient (Wildman–Crippen LogP) is 3.67. The first-order valence-corrected chi connectivity index (χ1v) is 7.05. The Morgan fingerprint density at radius 3 is 2.32 bits per heavy atom. The summed E-state index contributed by atoms with van der Waals surface area (Å²) in [7, 11) is 0. The number of rotatable bonds is 5. The van der Waals surface area contributed by atoms with E-state index in [-0.39, 0.29) is 10.5 Å². The molecule has 0 spiro atoms. The number of non-ortho nitro benzene ring substituents is 1. The van der Waals surface area contributed by atoms with Gasteiger partial charge in [-0.1, -0.05) is 30.3 Å². The molecule has 2 rings (SSSR count). The van der Waals surface area contributed by atoms with E-state index in [0.717, 1.165) is 23.4 Å². The molecule has 22 heavy (non-hydrogen) atoms. The van der Waals surface area contributed by atoms with E-state index < -0.39 is 21.2 Å². The largest absolute Gasteiger partial charge is 0.295 e. The molecule has 0 atom stereocenters. The van der Waals surface area contributed by atoms with E-state index in [1.165, 1.54) is 6.07 Å². The Balaban J connectivity index is 2.42. The van der Waals surface area contributed by atoms with Crippen LogP contribution in [0.1, 0.15) is 11.1 Å². The van der Waals surface area contributed by atoms with Crippen LogP contribution in [0.3, 0.4) is 0 Å². The highest BCUT2D eigenvalue weighted by atomic mass is 32.2. The number of thioether (sulfide) groups is 1. The zero-order chi connectivity index (χ0) is 16.1. The van der Waals surface area contributed by atoms with Gasteiger partial charge < -0.3 is 0 Å². The molecule has 0 unspecified atom stereocenters. The van der Waals surface area contributed by atoms with E-state index in [2.05, 4.69) is 0 Å².